The van der Waals surface area contributed by atoms with Crippen molar-refractivity contribution in [2.45, 2.75) is 17.7 Å². The average Bonchev–Trinajstić information content (AvgIpc) is 3.21. The molecule has 1 aromatic carbocycles. The fourth-order valence-corrected chi connectivity index (χ4v) is 2.55. The van der Waals surface area contributed by atoms with E-state index in [1.807, 2.05) is 0 Å². The van der Waals surface area contributed by atoms with Crippen molar-refractivity contribution in [1.29, 1.82) is 0 Å². The standard InChI is InChI=1S/C12H14FN5O3S/c13-9-3-8(4-10(5-9)22(15,20)21)11(19)16-6-12(1-2-12)7-17-18-14/h3-5H,1-2,6-7H2,(H,16,19)(H2,15,20,21). The first-order chi connectivity index (χ1) is 10.3. The van der Waals surface area contributed by atoms with Gasteiger partial charge in [-0.05, 0) is 42.0 Å². The van der Waals surface area contributed by atoms with Gasteiger partial charge >= 0.3 is 0 Å². The number of carbonyl (C=O) groups excluding carboxylic acids is 1. The van der Waals surface area contributed by atoms with E-state index >= 15 is 0 Å². The molecule has 0 aliphatic heterocycles. The molecule has 0 atom stereocenters. The van der Waals surface area contributed by atoms with Crippen LogP contribution in [0.1, 0.15) is 23.2 Å². The maximum absolute atomic E-state index is 13.4. The van der Waals surface area contributed by atoms with Gasteiger partial charge in [-0.3, -0.25) is 4.79 Å². The highest BCUT2D eigenvalue weighted by molar-refractivity contribution is 7.89. The summed E-state index contributed by atoms with van der Waals surface area (Å²) >= 11 is 0. The van der Waals surface area contributed by atoms with E-state index in [2.05, 4.69) is 15.3 Å². The normalized spacial score (nSPS) is 15.7. The van der Waals surface area contributed by atoms with E-state index < -0.39 is 26.6 Å². The summed E-state index contributed by atoms with van der Waals surface area (Å²) in [7, 11) is -4.10. The van der Waals surface area contributed by atoms with Crippen LogP contribution >= 0.6 is 0 Å². The van der Waals surface area contributed by atoms with Gasteiger partial charge in [-0.25, -0.2) is 17.9 Å². The number of nitrogens with zero attached hydrogens (tertiary/aromatic N) is 3. The maximum Gasteiger partial charge on any atom is 0.251 e. The monoisotopic (exact) mass is 327 g/mol. The Labute approximate surface area is 126 Å². The Morgan fingerprint density at radius 2 is 2.14 bits per heavy atom. The molecule has 10 heteroatoms. The summed E-state index contributed by atoms with van der Waals surface area (Å²) < 4.78 is 35.9. The number of azide groups is 1. The minimum absolute atomic E-state index is 0.136. The number of nitrogens with two attached hydrogens (primary N) is 1. The molecule has 1 aliphatic rings. The van der Waals surface area contributed by atoms with Crippen molar-refractivity contribution in [3.05, 3.63) is 40.0 Å². The van der Waals surface area contributed by atoms with Crippen molar-refractivity contribution in [1.82, 2.24) is 5.32 Å². The summed E-state index contributed by atoms with van der Waals surface area (Å²) in [6.45, 7) is 0.543. The molecule has 0 unspecified atom stereocenters. The third kappa shape index (κ3) is 3.94. The van der Waals surface area contributed by atoms with E-state index in [1.165, 1.54) is 0 Å². The van der Waals surface area contributed by atoms with Crippen LogP contribution in [0.2, 0.25) is 0 Å². The van der Waals surface area contributed by atoms with Crippen molar-refractivity contribution in [2.24, 2.45) is 15.7 Å². The lowest BCUT2D eigenvalue weighted by atomic mass is 10.1. The highest BCUT2D eigenvalue weighted by Crippen LogP contribution is 2.45. The summed E-state index contributed by atoms with van der Waals surface area (Å²) in [6, 6.07) is 2.69. The first kappa shape index (κ1) is 16.2. The molecule has 0 bridgehead atoms. The molecule has 1 aromatic rings. The van der Waals surface area contributed by atoms with E-state index in [1.54, 1.807) is 0 Å². The number of carbonyl (C=O) groups is 1. The van der Waals surface area contributed by atoms with E-state index in [-0.39, 0.29) is 24.1 Å². The summed E-state index contributed by atoms with van der Waals surface area (Å²) in [5.74, 6) is -1.48. The highest BCUT2D eigenvalue weighted by Gasteiger charge is 2.42. The van der Waals surface area contributed by atoms with Crippen LogP contribution in [0.4, 0.5) is 4.39 Å². The number of halogens is 1. The molecule has 0 aromatic heterocycles. The van der Waals surface area contributed by atoms with Gasteiger partial charge in [0.05, 0.1) is 4.90 Å². The fourth-order valence-electron chi connectivity index (χ4n) is 1.98. The molecule has 2 rings (SSSR count). The molecule has 118 valence electrons. The van der Waals surface area contributed by atoms with Gasteiger partial charge < -0.3 is 5.32 Å². The van der Waals surface area contributed by atoms with Crippen molar-refractivity contribution < 1.29 is 17.6 Å². The largest absolute Gasteiger partial charge is 0.351 e. The van der Waals surface area contributed by atoms with Crippen LogP contribution in [0.5, 0.6) is 0 Å². The lowest BCUT2D eigenvalue weighted by Gasteiger charge is -2.13. The van der Waals surface area contributed by atoms with Crippen LogP contribution in [0.3, 0.4) is 0 Å². The number of primary sulfonamides is 1. The van der Waals surface area contributed by atoms with Crippen LogP contribution in [0.25, 0.3) is 10.4 Å². The Morgan fingerprint density at radius 3 is 2.68 bits per heavy atom. The Hall–Kier alpha value is -2.16. The number of rotatable bonds is 6. The summed E-state index contributed by atoms with van der Waals surface area (Å²) in [5, 5.41) is 11.0. The quantitative estimate of drug-likeness (QED) is 0.462. The van der Waals surface area contributed by atoms with Gasteiger partial charge in [-0.2, -0.15) is 0 Å². The smallest absolute Gasteiger partial charge is 0.251 e. The average molecular weight is 327 g/mol. The zero-order chi connectivity index (χ0) is 16.4. The number of hydrogen-bond donors (Lipinski definition) is 2. The lowest BCUT2D eigenvalue weighted by Crippen LogP contribution is -2.31. The Morgan fingerprint density at radius 1 is 1.45 bits per heavy atom. The molecule has 3 N–H and O–H groups in total. The van der Waals surface area contributed by atoms with Crippen LogP contribution in [0, 0.1) is 11.2 Å². The number of hydrogen-bond acceptors (Lipinski definition) is 4. The molecule has 0 radical (unpaired) electrons. The van der Waals surface area contributed by atoms with Crippen LogP contribution in [-0.2, 0) is 10.0 Å². The van der Waals surface area contributed by atoms with Gasteiger partial charge in [0.15, 0.2) is 0 Å². The van der Waals surface area contributed by atoms with Gasteiger partial charge in [0.1, 0.15) is 5.82 Å². The Bertz CT molecular complexity index is 754. The molecule has 1 fully saturated rings. The third-order valence-electron chi connectivity index (χ3n) is 3.51. The van der Waals surface area contributed by atoms with Gasteiger partial charge in [0.25, 0.3) is 5.91 Å². The van der Waals surface area contributed by atoms with Gasteiger partial charge in [-0.15, -0.1) is 0 Å². The Balaban J connectivity index is 2.10. The predicted octanol–water partition coefficient (Wildman–Crippen LogP) is 1.29. The van der Waals surface area contributed by atoms with E-state index in [0.717, 1.165) is 31.0 Å². The molecule has 1 saturated carbocycles. The molecule has 22 heavy (non-hydrogen) atoms. The minimum atomic E-state index is -4.10. The zero-order valence-electron chi connectivity index (χ0n) is 11.5. The van der Waals surface area contributed by atoms with Gasteiger partial charge in [-0.1, -0.05) is 5.11 Å². The van der Waals surface area contributed by atoms with Crippen molar-refractivity contribution >= 4 is 15.9 Å². The minimum Gasteiger partial charge on any atom is -0.351 e. The third-order valence-corrected chi connectivity index (χ3v) is 4.41. The molecule has 1 aliphatic carbocycles. The molecule has 0 saturated heterocycles. The number of nitrogens with one attached hydrogen (secondary N) is 1. The number of sulfonamides is 1. The highest BCUT2D eigenvalue weighted by atomic mass is 32.2. The van der Waals surface area contributed by atoms with E-state index in [4.69, 9.17) is 10.7 Å². The van der Waals surface area contributed by atoms with Crippen molar-refractivity contribution in [2.75, 3.05) is 13.1 Å². The van der Waals surface area contributed by atoms with E-state index in [0.29, 0.717) is 0 Å². The maximum atomic E-state index is 13.4. The topological polar surface area (TPSA) is 138 Å². The first-order valence-electron chi connectivity index (χ1n) is 6.38. The summed E-state index contributed by atoms with van der Waals surface area (Å²) in [4.78, 5) is 14.2. The van der Waals surface area contributed by atoms with Crippen molar-refractivity contribution in [3.8, 4) is 0 Å². The fraction of sp³-hybridized carbons (Fsp3) is 0.417. The summed E-state index contributed by atoms with van der Waals surface area (Å²) in [5.41, 5.74) is 7.92. The second kappa shape index (κ2) is 5.91. The predicted molar refractivity (Wildman–Crippen MR) is 75.8 cm³/mol. The van der Waals surface area contributed by atoms with Gasteiger partial charge in [0, 0.05) is 23.6 Å². The second-order valence-electron chi connectivity index (χ2n) is 5.29. The summed E-state index contributed by atoms with van der Waals surface area (Å²) in [6.07, 6.45) is 1.63. The molecular weight excluding hydrogens is 313 g/mol. The van der Waals surface area contributed by atoms with E-state index in [9.17, 15) is 17.6 Å². The van der Waals surface area contributed by atoms with Crippen LogP contribution < -0.4 is 10.5 Å². The molecule has 0 heterocycles. The lowest BCUT2D eigenvalue weighted by molar-refractivity contribution is 0.0944. The molecule has 8 nitrogen and oxygen atoms in total. The second-order valence-corrected chi connectivity index (χ2v) is 6.85. The molecular formula is C12H14FN5O3S. The zero-order valence-corrected chi connectivity index (χ0v) is 12.3. The molecule has 1 amide bonds. The molecule has 0 spiro atoms. The van der Waals surface area contributed by atoms with Gasteiger partial charge in [0.2, 0.25) is 10.0 Å². The first-order valence-corrected chi connectivity index (χ1v) is 7.93. The van der Waals surface area contributed by atoms with Crippen LogP contribution in [-0.4, -0.2) is 27.4 Å². The van der Waals surface area contributed by atoms with Crippen molar-refractivity contribution in [3.63, 3.8) is 0 Å². The number of benzene rings is 1. The number of amides is 1. The van der Waals surface area contributed by atoms with Crippen LogP contribution in [0.15, 0.2) is 28.2 Å². The Kier molecular flexibility index (Phi) is 4.36. The SMILES string of the molecule is [N-]=[N+]=NCC1(CNC(=O)c2cc(F)cc(S(N)(=O)=O)c2)CC1.